The molecule has 3 nitrogen and oxygen atoms in total. The SMILES string of the molecule is Cc1cccc(OCCn2c(C=Cc3ccccc3)nc3ccccc32)c1. The third-order valence-electron chi connectivity index (χ3n) is 4.48. The van der Waals surface area contributed by atoms with Crippen LogP contribution < -0.4 is 4.74 Å². The van der Waals surface area contributed by atoms with Gasteiger partial charge in [-0.15, -0.1) is 0 Å². The zero-order valence-corrected chi connectivity index (χ0v) is 15.4. The lowest BCUT2D eigenvalue weighted by atomic mass is 10.2. The molecule has 0 atom stereocenters. The number of imidazole rings is 1. The maximum absolute atomic E-state index is 5.95. The molecule has 0 N–H and O–H groups in total. The molecule has 1 heterocycles. The van der Waals surface area contributed by atoms with Crippen LogP contribution in [-0.2, 0) is 6.54 Å². The minimum absolute atomic E-state index is 0.593. The summed E-state index contributed by atoms with van der Waals surface area (Å²) >= 11 is 0. The van der Waals surface area contributed by atoms with Crippen LogP contribution >= 0.6 is 0 Å². The lowest BCUT2D eigenvalue weighted by Crippen LogP contribution is -2.09. The van der Waals surface area contributed by atoms with Crippen LogP contribution in [0.4, 0.5) is 0 Å². The minimum atomic E-state index is 0.593. The normalized spacial score (nSPS) is 11.3. The van der Waals surface area contributed by atoms with Gasteiger partial charge in [-0.25, -0.2) is 4.98 Å². The zero-order chi connectivity index (χ0) is 18.5. The molecule has 1 aromatic heterocycles. The Balaban J connectivity index is 1.57. The van der Waals surface area contributed by atoms with Crippen molar-refractivity contribution < 1.29 is 4.74 Å². The van der Waals surface area contributed by atoms with E-state index < -0.39 is 0 Å². The fourth-order valence-corrected chi connectivity index (χ4v) is 3.15. The predicted octanol–water partition coefficient (Wildman–Crippen LogP) is 5.59. The molecule has 4 aromatic rings. The van der Waals surface area contributed by atoms with Crippen molar-refractivity contribution in [2.24, 2.45) is 0 Å². The van der Waals surface area contributed by atoms with Gasteiger partial charge in [-0.1, -0.05) is 60.7 Å². The van der Waals surface area contributed by atoms with E-state index in [-0.39, 0.29) is 0 Å². The van der Waals surface area contributed by atoms with E-state index >= 15 is 0 Å². The van der Waals surface area contributed by atoms with Crippen LogP contribution in [0.25, 0.3) is 23.2 Å². The number of hydrogen-bond donors (Lipinski definition) is 0. The highest BCUT2D eigenvalue weighted by molar-refractivity contribution is 5.79. The smallest absolute Gasteiger partial charge is 0.133 e. The molecule has 0 aliphatic heterocycles. The number of ether oxygens (including phenoxy) is 1. The molecule has 3 aromatic carbocycles. The van der Waals surface area contributed by atoms with Crippen molar-refractivity contribution in [2.45, 2.75) is 13.5 Å². The van der Waals surface area contributed by atoms with Crippen molar-refractivity contribution in [3.63, 3.8) is 0 Å². The number of benzene rings is 3. The molecule has 0 aliphatic carbocycles. The summed E-state index contributed by atoms with van der Waals surface area (Å²) in [7, 11) is 0. The maximum Gasteiger partial charge on any atom is 0.133 e. The quantitative estimate of drug-likeness (QED) is 0.451. The Morgan fingerprint density at radius 2 is 1.70 bits per heavy atom. The van der Waals surface area contributed by atoms with Crippen LogP contribution in [0.1, 0.15) is 17.0 Å². The Bertz CT molecular complexity index is 1060. The van der Waals surface area contributed by atoms with Crippen molar-refractivity contribution in [2.75, 3.05) is 6.61 Å². The second kappa shape index (κ2) is 7.92. The summed E-state index contributed by atoms with van der Waals surface area (Å²) in [6.07, 6.45) is 4.17. The number of nitrogens with zero attached hydrogens (tertiary/aromatic N) is 2. The van der Waals surface area contributed by atoms with E-state index in [1.54, 1.807) is 0 Å². The minimum Gasteiger partial charge on any atom is -0.492 e. The Hall–Kier alpha value is -3.33. The van der Waals surface area contributed by atoms with Crippen LogP contribution in [-0.4, -0.2) is 16.2 Å². The highest BCUT2D eigenvalue weighted by Gasteiger charge is 2.08. The number of rotatable bonds is 6. The topological polar surface area (TPSA) is 27.1 Å². The first-order chi connectivity index (χ1) is 13.3. The second-order valence-corrected chi connectivity index (χ2v) is 6.52. The van der Waals surface area contributed by atoms with Gasteiger partial charge in [0.2, 0.25) is 0 Å². The van der Waals surface area contributed by atoms with Gasteiger partial charge in [-0.3, -0.25) is 0 Å². The average molecular weight is 354 g/mol. The van der Waals surface area contributed by atoms with E-state index in [2.05, 4.69) is 54.0 Å². The third kappa shape index (κ3) is 4.09. The first-order valence-electron chi connectivity index (χ1n) is 9.17. The van der Waals surface area contributed by atoms with Crippen molar-refractivity contribution in [1.29, 1.82) is 0 Å². The number of aromatic nitrogens is 2. The number of fused-ring (bicyclic) bond motifs is 1. The number of aryl methyl sites for hydroxylation is 1. The lowest BCUT2D eigenvalue weighted by molar-refractivity contribution is 0.299. The molecule has 3 heteroatoms. The van der Waals surface area contributed by atoms with E-state index in [0.717, 1.165) is 34.7 Å². The van der Waals surface area contributed by atoms with Gasteiger partial charge in [0.1, 0.15) is 18.2 Å². The summed E-state index contributed by atoms with van der Waals surface area (Å²) in [5.41, 5.74) is 4.48. The summed E-state index contributed by atoms with van der Waals surface area (Å²) < 4.78 is 8.17. The molecule has 0 unspecified atom stereocenters. The van der Waals surface area contributed by atoms with Crippen LogP contribution in [0.3, 0.4) is 0 Å². The Morgan fingerprint density at radius 3 is 2.56 bits per heavy atom. The first-order valence-corrected chi connectivity index (χ1v) is 9.17. The fourth-order valence-electron chi connectivity index (χ4n) is 3.15. The highest BCUT2D eigenvalue weighted by Crippen LogP contribution is 2.19. The van der Waals surface area contributed by atoms with Gasteiger partial charge in [0.25, 0.3) is 0 Å². The summed E-state index contributed by atoms with van der Waals surface area (Å²) in [5.74, 6) is 1.84. The van der Waals surface area contributed by atoms with Gasteiger partial charge in [0.05, 0.1) is 17.6 Å². The summed E-state index contributed by atoms with van der Waals surface area (Å²) in [4.78, 5) is 4.79. The number of para-hydroxylation sites is 2. The predicted molar refractivity (Wildman–Crippen MR) is 112 cm³/mol. The molecule has 0 amide bonds. The van der Waals surface area contributed by atoms with E-state index in [9.17, 15) is 0 Å². The molecule has 0 fully saturated rings. The van der Waals surface area contributed by atoms with Crippen LogP contribution in [0.5, 0.6) is 5.75 Å². The van der Waals surface area contributed by atoms with Crippen LogP contribution in [0.15, 0.2) is 78.9 Å². The standard InChI is InChI=1S/C24H22N2O/c1-19-8-7-11-21(18-19)27-17-16-26-23-13-6-5-12-22(23)25-24(26)15-14-20-9-3-2-4-10-20/h2-15,18H,16-17H2,1H3. The molecule has 0 radical (unpaired) electrons. The summed E-state index contributed by atoms with van der Waals surface area (Å²) in [6.45, 7) is 3.40. The maximum atomic E-state index is 5.95. The summed E-state index contributed by atoms with van der Waals surface area (Å²) in [5, 5.41) is 0. The van der Waals surface area contributed by atoms with Crippen LogP contribution in [0, 0.1) is 6.92 Å². The molecule has 4 rings (SSSR count). The van der Waals surface area contributed by atoms with Crippen molar-refractivity contribution in [3.05, 3.63) is 95.8 Å². The average Bonchev–Trinajstić information content (AvgIpc) is 3.05. The van der Waals surface area contributed by atoms with E-state index in [0.29, 0.717) is 6.61 Å². The lowest BCUT2D eigenvalue weighted by Gasteiger charge is -2.10. The van der Waals surface area contributed by atoms with Crippen molar-refractivity contribution >= 4 is 23.2 Å². The Morgan fingerprint density at radius 1 is 0.889 bits per heavy atom. The van der Waals surface area contributed by atoms with Gasteiger partial charge in [-0.05, 0) is 48.4 Å². The van der Waals surface area contributed by atoms with Gasteiger partial charge < -0.3 is 9.30 Å². The molecular weight excluding hydrogens is 332 g/mol. The monoisotopic (exact) mass is 354 g/mol. The molecule has 0 aliphatic rings. The van der Waals surface area contributed by atoms with Crippen molar-refractivity contribution in [3.8, 4) is 5.75 Å². The second-order valence-electron chi connectivity index (χ2n) is 6.52. The fraction of sp³-hybridized carbons (Fsp3) is 0.125. The van der Waals surface area contributed by atoms with Gasteiger partial charge in [0.15, 0.2) is 0 Å². The molecule has 134 valence electrons. The summed E-state index contributed by atoms with van der Waals surface area (Å²) in [6, 6.07) is 26.6. The molecular formula is C24H22N2O. The molecule has 0 saturated carbocycles. The van der Waals surface area contributed by atoms with Crippen molar-refractivity contribution in [1.82, 2.24) is 9.55 Å². The van der Waals surface area contributed by atoms with E-state index in [1.165, 1.54) is 5.56 Å². The first kappa shape index (κ1) is 17.1. The third-order valence-corrected chi connectivity index (χ3v) is 4.48. The highest BCUT2D eigenvalue weighted by atomic mass is 16.5. The Labute approximate surface area is 159 Å². The molecule has 27 heavy (non-hydrogen) atoms. The van der Waals surface area contributed by atoms with Crippen LogP contribution in [0.2, 0.25) is 0 Å². The molecule has 0 saturated heterocycles. The largest absolute Gasteiger partial charge is 0.492 e. The number of hydrogen-bond acceptors (Lipinski definition) is 2. The van der Waals surface area contributed by atoms with E-state index in [1.807, 2.05) is 48.5 Å². The molecule has 0 bridgehead atoms. The molecule has 0 spiro atoms. The van der Waals surface area contributed by atoms with E-state index in [4.69, 9.17) is 9.72 Å². The van der Waals surface area contributed by atoms with Gasteiger partial charge in [-0.2, -0.15) is 0 Å². The zero-order valence-electron chi connectivity index (χ0n) is 15.4. The van der Waals surface area contributed by atoms with Gasteiger partial charge in [0, 0.05) is 0 Å². The Kier molecular flexibility index (Phi) is 5.01. The van der Waals surface area contributed by atoms with Gasteiger partial charge >= 0.3 is 0 Å².